The Bertz CT molecular complexity index is 913. The molecule has 3 rings (SSSR count). The topological polar surface area (TPSA) is 88.5 Å². The summed E-state index contributed by atoms with van der Waals surface area (Å²) < 4.78 is 5.12. The van der Waals surface area contributed by atoms with Gasteiger partial charge >= 0.3 is 0 Å². The first-order chi connectivity index (χ1) is 12.7. The molecule has 0 aliphatic rings. The molecule has 2 N–H and O–H groups in total. The minimum Gasteiger partial charge on any atom is -0.497 e. The summed E-state index contributed by atoms with van der Waals surface area (Å²) in [4.78, 5) is 20.6. The molecule has 2 aromatic heterocycles. The number of methoxy groups -OCH3 is 1. The molecular weight excluding hydrogens is 374 g/mol. The molecule has 3 aromatic rings. The number of anilines is 2. The van der Waals surface area contributed by atoms with E-state index in [9.17, 15) is 4.79 Å². The number of rotatable bonds is 6. The predicted octanol–water partition coefficient (Wildman–Crippen LogP) is 3.71. The zero-order chi connectivity index (χ0) is 18.4. The predicted molar refractivity (Wildman–Crippen MR) is 103 cm³/mol. The molecule has 0 aliphatic carbocycles. The fourth-order valence-electron chi connectivity index (χ4n) is 1.96. The van der Waals surface area contributed by atoms with Crippen LogP contribution in [0.2, 0.25) is 5.15 Å². The van der Waals surface area contributed by atoms with Crippen LogP contribution >= 0.6 is 22.9 Å². The van der Waals surface area contributed by atoms with Crippen molar-refractivity contribution in [3.05, 3.63) is 64.4 Å². The van der Waals surface area contributed by atoms with Crippen LogP contribution in [-0.4, -0.2) is 29.2 Å². The maximum absolute atomic E-state index is 11.9. The number of halogens is 1. The fourth-order valence-corrected chi connectivity index (χ4v) is 3.01. The van der Waals surface area contributed by atoms with Crippen LogP contribution < -0.4 is 15.5 Å². The van der Waals surface area contributed by atoms with Gasteiger partial charge in [0, 0.05) is 23.6 Å². The summed E-state index contributed by atoms with van der Waals surface area (Å²) in [5, 5.41) is 7.98. The van der Waals surface area contributed by atoms with Crippen LogP contribution in [0.15, 0.2) is 53.9 Å². The van der Waals surface area contributed by atoms with Crippen molar-refractivity contribution in [3.63, 3.8) is 0 Å². The maximum Gasteiger partial charge on any atom is 0.271 e. The minimum atomic E-state index is -0.333. The summed E-state index contributed by atoms with van der Waals surface area (Å²) in [5.74, 6) is 0.436. The zero-order valence-electron chi connectivity index (χ0n) is 13.6. The van der Waals surface area contributed by atoms with Gasteiger partial charge in [-0.15, -0.1) is 0 Å². The van der Waals surface area contributed by atoms with E-state index in [1.807, 2.05) is 24.3 Å². The summed E-state index contributed by atoms with van der Waals surface area (Å²) in [6.07, 6.45) is 4.53. The normalized spacial score (nSPS) is 10.7. The Morgan fingerprint density at radius 1 is 1.23 bits per heavy atom. The van der Waals surface area contributed by atoms with Crippen molar-refractivity contribution in [2.24, 2.45) is 5.10 Å². The Kier molecular flexibility index (Phi) is 5.77. The SMILES string of the molecule is COc1ccc(Nc2nc(Cl)c(/C=N/NC(=O)c3ccncc3)s2)cc1. The molecule has 132 valence electrons. The number of carbonyl (C=O) groups is 1. The highest BCUT2D eigenvalue weighted by Crippen LogP contribution is 2.28. The third-order valence-corrected chi connectivity index (χ3v) is 4.55. The van der Waals surface area contributed by atoms with Gasteiger partial charge in [0.15, 0.2) is 10.3 Å². The summed E-state index contributed by atoms with van der Waals surface area (Å²) in [6, 6.07) is 10.6. The summed E-state index contributed by atoms with van der Waals surface area (Å²) in [5.41, 5.74) is 3.75. The average molecular weight is 388 g/mol. The Labute approximate surface area is 158 Å². The van der Waals surface area contributed by atoms with Gasteiger partial charge in [-0.05, 0) is 36.4 Å². The molecule has 0 radical (unpaired) electrons. The molecule has 0 bridgehead atoms. The third-order valence-electron chi connectivity index (χ3n) is 3.24. The van der Waals surface area contributed by atoms with Gasteiger partial charge in [0.1, 0.15) is 5.75 Å². The molecule has 0 aliphatic heterocycles. The molecule has 0 saturated carbocycles. The number of ether oxygens (including phenoxy) is 1. The smallest absolute Gasteiger partial charge is 0.271 e. The van der Waals surface area contributed by atoms with Crippen molar-refractivity contribution in [2.75, 3.05) is 12.4 Å². The standard InChI is InChI=1S/C17H14ClN5O2S/c1-25-13-4-2-12(3-5-13)21-17-22-15(18)14(26-17)10-20-23-16(24)11-6-8-19-9-7-11/h2-10H,1H3,(H,21,22)(H,23,24)/b20-10+. The van der Waals surface area contributed by atoms with E-state index in [0.29, 0.717) is 20.7 Å². The van der Waals surface area contributed by atoms with Crippen LogP contribution in [0.4, 0.5) is 10.8 Å². The molecule has 2 heterocycles. The van der Waals surface area contributed by atoms with Crippen LogP contribution in [0, 0.1) is 0 Å². The highest BCUT2D eigenvalue weighted by atomic mass is 35.5. The van der Waals surface area contributed by atoms with Crippen molar-refractivity contribution < 1.29 is 9.53 Å². The second kappa shape index (κ2) is 8.41. The number of aromatic nitrogens is 2. The first-order valence-corrected chi connectivity index (χ1v) is 8.66. The summed E-state index contributed by atoms with van der Waals surface area (Å²) in [7, 11) is 1.61. The number of hydrogen-bond acceptors (Lipinski definition) is 7. The number of pyridine rings is 1. The minimum absolute atomic E-state index is 0.299. The number of hydrazone groups is 1. The molecule has 0 saturated heterocycles. The molecule has 26 heavy (non-hydrogen) atoms. The number of amides is 1. The Hall–Kier alpha value is -2.97. The summed E-state index contributed by atoms with van der Waals surface area (Å²) in [6.45, 7) is 0. The van der Waals surface area contributed by atoms with Crippen molar-refractivity contribution in [1.82, 2.24) is 15.4 Å². The summed E-state index contributed by atoms with van der Waals surface area (Å²) >= 11 is 7.43. The lowest BCUT2D eigenvalue weighted by atomic mass is 10.3. The van der Waals surface area contributed by atoms with Crippen molar-refractivity contribution >= 4 is 45.9 Å². The van der Waals surface area contributed by atoms with Crippen LogP contribution in [0.25, 0.3) is 0 Å². The van der Waals surface area contributed by atoms with Gasteiger partial charge in [-0.3, -0.25) is 9.78 Å². The largest absolute Gasteiger partial charge is 0.497 e. The highest BCUT2D eigenvalue weighted by molar-refractivity contribution is 7.17. The molecule has 9 heteroatoms. The van der Waals surface area contributed by atoms with Crippen molar-refractivity contribution in [1.29, 1.82) is 0 Å². The van der Waals surface area contributed by atoms with Gasteiger partial charge in [-0.2, -0.15) is 5.10 Å². The number of nitrogens with zero attached hydrogens (tertiary/aromatic N) is 3. The fraction of sp³-hybridized carbons (Fsp3) is 0.0588. The zero-order valence-corrected chi connectivity index (χ0v) is 15.2. The first kappa shape index (κ1) is 17.8. The molecule has 0 unspecified atom stereocenters. The quantitative estimate of drug-likeness (QED) is 0.497. The van der Waals surface area contributed by atoms with Gasteiger partial charge in [0.05, 0.1) is 18.2 Å². The highest BCUT2D eigenvalue weighted by Gasteiger charge is 2.08. The van der Waals surface area contributed by atoms with E-state index in [1.165, 1.54) is 29.9 Å². The van der Waals surface area contributed by atoms with Gasteiger partial charge in [-0.25, -0.2) is 10.4 Å². The Morgan fingerprint density at radius 3 is 2.65 bits per heavy atom. The molecular formula is C17H14ClN5O2S. The number of benzene rings is 1. The average Bonchev–Trinajstić information content (AvgIpc) is 3.02. The van der Waals surface area contributed by atoms with Crippen LogP contribution in [0.1, 0.15) is 15.2 Å². The van der Waals surface area contributed by atoms with Crippen LogP contribution in [0.3, 0.4) is 0 Å². The van der Waals surface area contributed by atoms with Gasteiger partial charge in [0.2, 0.25) is 0 Å². The molecule has 0 atom stereocenters. The van der Waals surface area contributed by atoms with E-state index in [1.54, 1.807) is 19.2 Å². The third kappa shape index (κ3) is 4.56. The van der Waals surface area contributed by atoms with E-state index in [-0.39, 0.29) is 5.91 Å². The van der Waals surface area contributed by atoms with E-state index in [2.05, 4.69) is 25.8 Å². The molecule has 0 spiro atoms. The Morgan fingerprint density at radius 2 is 1.96 bits per heavy atom. The van der Waals surface area contributed by atoms with E-state index < -0.39 is 0 Å². The molecule has 0 fully saturated rings. The van der Waals surface area contributed by atoms with Crippen LogP contribution in [0.5, 0.6) is 5.75 Å². The number of hydrogen-bond donors (Lipinski definition) is 2. The van der Waals surface area contributed by atoms with E-state index in [0.717, 1.165) is 11.4 Å². The van der Waals surface area contributed by atoms with Gasteiger partial charge in [-0.1, -0.05) is 22.9 Å². The number of carbonyl (C=O) groups excluding carboxylic acids is 1. The lowest BCUT2D eigenvalue weighted by Gasteiger charge is -2.03. The number of nitrogens with one attached hydrogen (secondary N) is 2. The molecule has 1 aromatic carbocycles. The van der Waals surface area contributed by atoms with Crippen molar-refractivity contribution in [3.8, 4) is 5.75 Å². The van der Waals surface area contributed by atoms with Crippen molar-refractivity contribution in [2.45, 2.75) is 0 Å². The monoisotopic (exact) mass is 387 g/mol. The first-order valence-electron chi connectivity index (χ1n) is 7.46. The lowest BCUT2D eigenvalue weighted by Crippen LogP contribution is -2.17. The maximum atomic E-state index is 11.9. The van der Waals surface area contributed by atoms with Crippen LogP contribution in [-0.2, 0) is 0 Å². The number of thiazole rings is 1. The molecule has 7 nitrogen and oxygen atoms in total. The second-order valence-electron chi connectivity index (χ2n) is 4.96. The van der Waals surface area contributed by atoms with E-state index >= 15 is 0 Å². The van der Waals surface area contributed by atoms with E-state index in [4.69, 9.17) is 16.3 Å². The molecule has 1 amide bonds. The lowest BCUT2D eigenvalue weighted by molar-refractivity contribution is 0.0955. The second-order valence-corrected chi connectivity index (χ2v) is 6.35. The van der Waals surface area contributed by atoms with Gasteiger partial charge in [0.25, 0.3) is 5.91 Å². The Balaban J connectivity index is 1.63. The van der Waals surface area contributed by atoms with Gasteiger partial charge < -0.3 is 10.1 Å².